The van der Waals surface area contributed by atoms with Crippen LogP contribution in [0.2, 0.25) is 0 Å². The highest BCUT2D eigenvalue weighted by Crippen LogP contribution is 2.69. The fourth-order valence-electron chi connectivity index (χ4n) is 17.1. The number of fused-ring (bicyclic) bond motifs is 9. The Labute approximate surface area is 442 Å². The highest BCUT2D eigenvalue weighted by molar-refractivity contribution is 7.48. The number of allylic oxidation sites excluding steroid dienone is 4. The molecule has 0 aromatic heterocycles. The van der Waals surface area contributed by atoms with Crippen LogP contribution in [-0.2, 0) is 41.9 Å². The van der Waals surface area contributed by atoms with E-state index in [0.29, 0.717) is 37.7 Å². The number of carbonyl (C=O) groups excluding carboxylic acids is 2. The van der Waals surface area contributed by atoms with Gasteiger partial charge in [0.1, 0.15) is 5.60 Å². The zero-order valence-corrected chi connectivity index (χ0v) is 46.2. The Hall–Kier alpha value is -3.37. The third-order valence-electron chi connectivity index (χ3n) is 20.7. The minimum Gasteiger partial charge on any atom is -0.469 e. The third-order valence-corrected chi connectivity index (χ3v) is 22.1. The van der Waals surface area contributed by atoms with E-state index in [1.807, 2.05) is 13.0 Å². The van der Waals surface area contributed by atoms with Crippen molar-refractivity contribution in [2.75, 3.05) is 52.2 Å². The smallest absolute Gasteiger partial charge is 0.469 e. The summed E-state index contributed by atoms with van der Waals surface area (Å²) in [5.41, 5.74) is 5.26. The van der Waals surface area contributed by atoms with Crippen molar-refractivity contribution in [3.05, 3.63) is 77.9 Å². The summed E-state index contributed by atoms with van der Waals surface area (Å²) >= 11 is 0. The lowest BCUT2D eigenvalue weighted by atomic mass is 9.43. The maximum atomic E-state index is 13.6. The Bertz CT molecular complexity index is 2390. The quantitative estimate of drug-likeness (QED) is 0.0421. The van der Waals surface area contributed by atoms with Crippen molar-refractivity contribution in [1.82, 2.24) is 0 Å². The molecule has 0 radical (unpaired) electrons. The zero-order chi connectivity index (χ0) is 52.6. The number of hydrogen-bond donors (Lipinski definition) is 2. The molecule has 0 amide bonds. The molecule has 1 aromatic carbocycles. The minimum absolute atomic E-state index is 0.00611. The van der Waals surface area contributed by atoms with Gasteiger partial charge in [-0.05, 0) is 190 Å². The average molecular weight is 1040 g/mol. The van der Waals surface area contributed by atoms with Gasteiger partial charge in [0.2, 0.25) is 0 Å². The normalized spacial score (nSPS) is 37.6. The summed E-state index contributed by atoms with van der Waals surface area (Å²) in [5.74, 6) is 8.81. The molecule has 1 aromatic rings. The first-order valence-corrected chi connectivity index (χ1v) is 29.6. The van der Waals surface area contributed by atoms with E-state index in [-0.39, 0.29) is 102 Å². The second-order valence-corrected chi connectivity index (χ2v) is 25.8. The van der Waals surface area contributed by atoms with E-state index < -0.39 is 19.5 Å². The third kappa shape index (κ3) is 10.7. The van der Waals surface area contributed by atoms with E-state index in [0.717, 1.165) is 95.7 Å². The number of methoxy groups -OCH3 is 1. The molecule has 9 rings (SSSR count). The maximum absolute atomic E-state index is 13.6. The molecule has 8 aliphatic rings. The number of phosphoric acid groups is 1. The van der Waals surface area contributed by atoms with E-state index in [1.165, 1.54) is 41.5 Å². The molecule has 406 valence electrons. The van der Waals surface area contributed by atoms with Gasteiger partial charge in [0, 0.05) is 44.0 Å². The number of aliphatic hydroxyl groups excluding tert-OH is 1. The second-order valence-electron chi connectivity index (χ2n) is 24.1. The van der Waals surface area contributed by atoms with Crippen LogP contribution in [0, 0.1) is 75.9 Å². The maximum Gasteiger partial charge on any atom is 0.477 e. The molecular weight excluding hydrogens is 954 g/mol. The first kappa shape index (κ1) is 55.4. The largest absolute Gasteiger partial charge is 0.477 e. The Balaban J connectivity index is 0.876. The van der Waals surface area contributed by atoms with Gasteiger partial charge in [0.05, 0.1) is 45.2 Å². The van der Waals surface area contributed by atoms with Gasteiger partial charge >= 0.3 is 13.8 Å². The first-order valence-electron chi connectivity index (χ1n) is 28.2. The van der Waals surface area contributed by atoms with Crippen LogP contribution >= 0.6 is 7.82 Å². The molecule has 16 atom stereocenters. The highest BCUT2D eigenvalue weighted by Gasteiger charge is 2.66. The van der Waals surface area contributed by atoms with Crippen molar-refractivity contribution in [1.29, 1.82) is 0 Å². The molecule has 12 nitrogen and oxygen atoms in total. The summed E-state index contributed by atoms with van der Waals surface area (Å²) in [5, 5.41) is 24.3. The molecule has 8 aliphatic carbocycles. The number of aliphatic hydroxyl groups is 2. The molecule has 6 saturated carbocycles. The lowest BCUT2D eigenvalue weighted by Gasteiger charge is -2.64. The van der Waals surface area contributed by atoms with Gasteiger partial charge in [0.15, 0.2) is 12.6 Å². The average Bonchev–Trinajstić information content (AvgIpc) is 3.96. The minimum atomic E-state index is -3.97. The number of esters is 1. The second kappa shape index (κ2) is 22.9. The summed E-state index contributed by atoms with van der Waals surface area (Å²) in [6.07, 6.45) is 17.6. The lowest BCUT2D eigenvalue weighted by molar-refractivity contribution is -0.228. The number of carbonyl (C=O) groups is 2. The van der Waals surface area contributed by atoms with E-state index in [2.05, 4.69) is 82.0 Å². The van der Waals surface area contributed by atoms with Crippen LogP contribution in [0.15, 0.2) is 72.4 Å². The summed E-state index contributed by atoms with van der Waals surface area (Å²) < 4.78 is 49.1. The van der Waals surface area contributed by atoms with Crippen molar-refractivity contribution < 1.29 is 52.1 Å². The highest BCUT2D eigenvalue weighted by atomic mass is 31.2. The number of benzene rings is 1. The molecule has 0 bridgehead atoms. The van der Waals surface area contributed by atoms with Gasteiger partial charge in [-0.1, -0.05) is 56.5 Å². The number of ether oxygens (including phenoxy) is 3. The predicted molar refractivity (Wildman–Crippen MR) is 287 cm³/mol. The van der Waals surface area contributed by atoms with E-state index in [4.69, 9.17) is 27.8 Å². The van der Waals surface area contributed by atoms with Crippen LogP contribution in [0.5, 0.6) is 0 Å². The Morgan fingerprint density at radius 1 is 0.932 bits per heavy atom. The molecule has 2 N–H and O–H groups in total. The fourth-order valence-corrected chi connectivity index (χ4v) is 18.0. The Morgan fingerprint density at radius 3 is 2.41 bits per heavy atom. The van der Waals surface area contributed by atoms with Crippen LogP contribution in [0.25, 0.3) is 0 Å². The zero-order valence-electron chi connectivity index (χ0n) is 45.3. The lowest BCUT2D eigenvalue weighted by Crippen LogP contribution is -2.63. The number of hydrogen-bond acceptors (Lipinski definition) is 12. The molecule has 2 unspecified atom stereocenters. The standard InChI is InChI=1S/C61H86NO11P/c1-9-26-61(66)28-25-47-48-19-15-41-33-44(63)18-20-46(41)57(48)49(36-52(47)61)40-13-16-43(17-14-40)62(7)29-32-69-45-24-27-59(5)42(34-45)35-54(70-38-73-74(67,71-30-10-2)72-31-11-3)58-51-22-21-50(39(4)12-23-56(65)68-8)60(51,6)55(64)37-53(58)59/h10-11,13-14,16-17,33,39,42,45,47-55,58,64,66H,2-3,12,15,18-25,27-32,34-38H2,1,4-8H3/t39-,42+,45+,47?,48?,49-,50-,51+,52+,53+,54-,55+,58+,59+,60-,61+/m1/s1. The number of phosphoric ester groups is 1. The number of ketones is 1. The Morgan fingerprint density at radius 2 is 1.69 bits per heavy atom. The van der Waals surface area contributed by atoms with Gasteiger partial charge in [-0.15, -0.1) is 19.1 Å². The SMILES string of the molecule is C=CCOP(=O)(OCC=C)OCO[C@@H]1C[C@@H]2C[C@@H](OCCN(C)c3ccc([C@H]4C[C@H]5C(CC[C@@]5(O)C#CC)C5CCC6=CC(=O)CCC6=C54)cc3)CC[C@]2(C)[C@H]2C[C@H](O)[C@]3(C)[C@@H]([C@H](C)CCC(=O)OC)CC[C@H]3[C@H]12. The van der Waals surface area contributed by atoms with Gasteiger partial charge in [0.25, 0.3) is 0 Å². The van der Waals surface area contributed by atoms with Gasteiger partial charge < -0.3 is 29.3 Å². The Kier molecular flexibility index (Phi) is 17.2. The van der Waals surface area contributed by atoms with Gasteiger partial charge in [-0.3, -0.25) is 23.2 Å². The first-order chi connectivity index (χ1) is 35.5. The van der Waals surface area contributed by atoms with Gasteiger partial charge in [-0.25, -0.2) is 4.57 Å². The van der Waals surface area contributed by atoms with Crippen LogP contribution in [0.1, 0.15) is 142 Å². The fraction of sp³-hybridized carbons (Fsp3) is 0.705. The summed E-state index contributed by atoms with van der Waals surface area (Å²) in [6, 6.07) is 9.06. The molecule has 0 aliphatic heterocycles. The van der Waals surface area contributed by atoms with E-state index in [1.54, 1.807) is 0 Å². The van der Waals surface area contributed by atoms with Crippen LogP contribution in [0.4, 0.5) is 5.69 Å². The number of likely N-dealkylation sites (N-methyl/N-ethyl adjacent to an activating group) is 1. The molecule has 0 spiro atoms. The predicted octanol–water partition coefficient (Wildman–Crippen LogP) is 11.5. The van der Waals surface area contributed by atoms with Crippen LogP contribution in [-0.4, -0.2) is 93.2 Å². The van der Waals surface area contributed by atoms with E-state index >= 15 is 0 Å². The van der Waals surface area contributed by atoms with Crippen LogP contribution in [0.3, 0.4) is 0 Å². The summed E-state index contributed by atoms with van der Waals surface area (Å²) in [6.45, 7) is 17.2. The summed E-state index contributed by atoms with van der Waals surface area (Å²) in [7, 11) is -0.397. The molecule has 6 fully saturated rings. The molecule has 0 heterocycles. The van der Waals surface area contributed by atoms with Crippen molar-refractivity contribution >= 4 is 25.3 Å². The number of anilines is 1. The van der Waals surface area contributed by atoms with Crippen molar-refractivity contribution in [2.24, 2.45) is 64.1 Å². The number of nitrogens with zero attached hydrogens (tertiary/aromatic N) is 1. The van der Waals surface area contributed by atoms with Crippen molar-refractivity contribution in [3.8, 4) is 11.8 Å². The topological polar surface area (TPSA) is 150 Å². The van der Waals surface area contributed by atoms with Crippen LogP contribution < -0.4 is 4.90 Å². The van der Waals surface area contributed by atoms with Crippen molar-refractivity contribution in [3.63, 3.8) is 0 Å². The van der Waals surface area contributed by atoms with Crippen molar-refractivity contribution in [2.45, 2.75) is 160 Å². The molecule has 0 saturated heterocycles. The molecular formula is C61H86NO11P. The van der Waals surface area contributed by atoms with E-state index in [9.17, 15) is 24.4 Å². The van der Waals surface area contributed by atoms with Gasteiger partial charge in [-0.2, -0.15) is 0 Å². The summed E-state index contributed by atoms with van der Waals surface area (Å²) in [4.78, 5) is 27.1. The molecule has 13 heteroatoms. The molecule has 74 heavy (non-hydrogen) atoms. The monoisotopic (exact) mass is 1040 g/mol. The number of rotatable bonds is 20.